The summed E-state index contributed by atoms with van der Waals surface area (Å²) in [7, 11) is 0. The molecule has 1 heteroatoms. The van der Waals surface area contributed by atoms with E-state index in [1.54, 1.807) is 0 Å². The Kier molecular flexibility index (Phi) is 3.86. The zero-order chi connectivity index (χ0) is 10.4. The van der Waals surface area contributed by atoms with Crippen LogP contribution in [0.1, 0.15) is 24.5 Å². The smallest absolute Gasteiger partial charge is 0.123 e. The van der Waals surface area contributed by atoms with Crippen LogP contribution in [0.4, 0.5) is 0 Å². The summed E-state index contributed by atoms with van der Waals surface area (Å²) < 4.78 is 0. The highest BCUT2D eigenvalue weighted by Crippen LogP contribution is 2.13. The monoisotopic (exact) mass is 186 g/mol. The highest BCUT2D eigenvalue weighted by Gasteiger charge is 1.91. The first-order valence-electron chi connectivity index (χ1n) is 4.60. The maximum Gasteiger partial charge on any atom is 0.123 e. The molecule has 0 unspecified atom stereocenters. The van der Waals surface area contributed by atoms with Gasteiger partial charge in [-0.25, -0.2) is 0 Å². The quantitative estimate of drug-likeness (QED) is 0.659. The van der Waals surface area contributed by atoms with Crippen LogP contribution >= 0.6 is 0 Å². The third-order valence-electron chi connectivity index (χ3n) is 1.95. The van der Waals surface area contributed by atoms with Gasteiger partial charge in [0.1, 0.15) is 6.29 Å². The van der Waals surface area contributed by atoms with Gasteiger partial charge in [-0.15, -0.1) is 0 Å². The van der Waals surface area contributed by atoms with E-state index in [1.807, 2.05) is 43.3 Å². The van der Waals surface area contributed by atoms with Crippen LogP contribution in [0.5, 0.6) is 0 Å². The van der Waals surface area contributed by atoms with Gasteiger partial charge in [-0.3, -0.25) is 0 Å². The van der Waals surface area contributed by atoms with E-state index in [1.165, 1.54) is 0 Å². The molecule has 0 saturated heterocycles. The first-order valence-corrected chi connectivity index (χ1v) is 4.60. The zero-order valence-corrected chi connectivity index (χ0v) is 8.36. The molecule has 1 nitrogen and oxygen atoms in total. The minimum atomic E-state index is 0.474. The lowest BCUT2D eigenvalue weighted by molar-refractivity contribution is -0.107. The molecule has 0 aliphatic carbocycles. The van der Waals surface area contributed by atoms with E-state index in [9.17, 15) is 4.79 Å². The van der Waals surface area contributed by atoms with Crippen molar-refractivity contribution in [2.24, 2.45) is 0 Å². The number of hydrogen-bond acceptors (Lipinski definition) is 1. The molecule has 0 saturated carbocycles. The average Bonchev–Trinajstić information content (AvgIpc) is 2.19. The lowest BCUT2D eigenvalue weighted by Gasteiger charge is -1.99. The summed E-state index contributed by atoms with van der Waals surface area (Å²) in [5, 5.41) is 0. The highest BCUT2D eigenvalue weighted by atomic mass is 16.1. The van der Waals surface area contributed by atoms with Crippen LogP contribution in [-0.4, -0.2) is 6.29 Å². The van der Waals surface area contributed by atoms with Crippen LogP contribution in [0.3, 0.4) is 0 Å². The second-order valence-electron chi connectivity index (χ2n) is 3.21. The standard InChI is InChI=1S/C13H14O/c1-11(2)13-8-6-12(7-9-13)5-3-4-10-14/h3,5-10H,1,4H2,2H3. The van der Waals surface area contributed by atoms with Crippen molar-refractivity contribution in [3.8, 4) is 0 Å². The van der Waals surface area contributed by atoms with E-state index >= 15 is 0 Å². The van der Waals surface area contributed by atoms with Gasteiger partial charge < -0.3 is 4.79 Å². The molecule has 1 rings (SSSR count). The Morgan fingerprint density at radius 3 is 2.50 bits per heavy atom. The Bertz CT molecular complexity index is 344. The number of benzene rings is 1. The molecule has 1 aromatic carbocycles. The Balaban J connectivity index is 2.73. The van der Waals surface area contributed by atoms with Crippen molar-refractivity contribution in [3.63, 3.8) is 0 Å². The molecule has 0 radical (unpaired) electrons. The van der Waals surface area contributed by atoms with Gasteiger partial charge >= 0.3 is 0 Å². The van der Waals surface area contributed by atoms with Crippen LogP contribution < -0.4 is 0 Å². The van der Waals surface area contributed by atoms with Crippen LogP contribution in [0.25, 0.3) is 11.6 Å². The molecule has 0 aliphatic rings. The molecule has 0 aromatic heterocycles. The second kappa shape index (κ2) is 5.18. The van der Waals surface area contributed by atoms with E-state index in [4.69, 9.17) is 0 Å². The summed E-state index contributed by atoms with van der Waals surface area (Å²) >= 11 is 0. The first kappa shape index (κ1) is 10.5. The third-order valence-corrected chi connectivity index (χ3v) is 1.95. The predicted octanol–water partition coefficient (Wildman–Crippen LogP) is 3.32. The van der Waals surface area contributed by atoms with Crippen LogP contribution in [0, 0.1) is 0 Å². The summed E-state index contributed by atoms with van der Waals surface area (Å²) in [6.45, 7) is 5.85. The van der Waals surface area contributed by atoms with Crippen LogP contribution in [0.15, 0.2) is 36.9 Å². The van der Waals surface area contributed by atoms with Gasteiger partial charge in [0.2, 0.25) is 0 Å². The van der Waals surface area contributed by atoms with Crippen molar-refractivity contribution in [2.45, 2.75) is 13.3 Å². The average molecular weight is 186 g/mol. The summed E-state index contributed by atoms with van der Waals surface area (Å²) in [4.78, 5) is 10.1. The lowest BCUT2D eigenvalue weighted by Crippen LogP contribution is -1.78. The number of allylic oxidation sites excluding steroid dienone is 2. The van der Waals surface area contributed by atoms with E-state index in [-0.39, 0.29) is 0 Å². The third kappa shape index (κ3) is 3.02. The maximum absolute atomic E-state index is 10.1. The summed E-state index contributed by atoms with van der Waals surface area (Å²) in [6, 6.07) is 8.10. The minimum Gasteiger partial charge on any atom is -0.303 e. The van der Waals surface area contributed by atoms with E-state index in [2.05, 4.69) is 6.58 Å². The molecule has 0 bridgehead atoms. The summed E-state index contributed by atoms with van der Waals surface area (Å²) in [5.41, 5.74) is 3.32. The molecule has 72 valence electrons. The van der Waals surface area contributed by atoms with Crippen molar-refractivity contribution in [1.29, 1.82) is 0 Å². The van der Waals surface area contributed by atoms with E-state index in [0.717, 1.165) is 23.0 Å². The zero-order valence-electron chi connectivity index (χ0n) is 8.36. The molecule has 0 fully saturated rings. The first-order chi connectivity index (χ1) is 6.74. The van der Waals surface area contributed by atoms with Gasteiger partial charge in [-0.2, -0.15) is 0 Å². The summed E-state index contributed by atoms with van der Waals surface area (Å²) in [6.07, 6.45) is 5.15. The molecule has 0 spiro atoms. The molecule has 0 N–H and O–H groups in total. The normalized spacial score (nSPS) is 10.4. The number of aldehydes is 1. The predicted molar refractivity (Wildman–Crippen MR) is 60.9 cm³/mol. The maximum atomic E-state index is 10.1. The summed E-state index contributed by atoms with van der Waals surface area (Å²) in [5.74, 6) is 0. The Hall–Kier alpha value is -1.63. The number of rotatable bonds is 4. The second-order valence-corrected chi connectivity index (χ2v) is 3.21. The van der Waals surface area contributed by atoms with Gasteiger partial charge in [0.15, 0.2) is 0 Å². The van der Waals surface area contributed by atoms with Gasteiger partial charge in [-0.05, 0) is 18.1 Å². The molecule has 0 amide bonds. The van der Waals surface area contributed by atoms with Crippen molar-refractivity contribution in [3.05, 3.63) is 48.0 Å². The number of carbonyl (C=O) groups excluding carboxylic acids is 1. The highest BCUT2D eigenvalue weighted by molar-refractivity contribution is 5.64. The minimum absolute atomic E-state index is 0.474. The SMILES string of the molecule is C=C(C)c1ccc(C=CCC=O)cc1. The molecule has 0 atom stereocenters. The molecular weight excluding hydrogens is 172 g/mol. The Morgan fingerprint density at radius 1 is 1.36 bits per heavy atom. The van der Waals surface area contributed by atoms with Crippen LogP contribution in [0.2, 0.25) is 0 Å². The fraction of sp³-hybridized carbons (Fsp3) is 0.154. The molecule has 0 aliphatic heterocycles. The molecular formula is C13H14O. The van der Waals surface area contributed by atoms with Gasteiger partial charge in [0.05, 0.1) is 0 Å². The molecule has 14 heavy (non-hydrogen) atoms. The fourth-order valence-electron chi connectivity index (χ4n) is 1.14. The van der Waals surface area contributed by atoms with Gasteiger partial charge in [-0.1, -0.05) is 48.6 Å². The van der Waals surface area contributed by atoms with E-state index in [0.29, 0.717) is 6.42 Å². The molecule has 1 aromatic rings. The van der Waals surface area contributed by atoms with Crippen molar-refractivity contribution >= 4 is 17.9 Å². The van der Waals surface area contributed by atoms with Crippen molar-refractivity contribution in [1.82, 2.24) is 0 Å². The van der Waals surface area contributed by atoms with Crippen molar-refractivity contribution in [2.75, 3.05) is 0 Å². The van der Waals surface area contributed by atoms with E-state index < -0.39 is 0 Å². The number of carbonyl (C=O) groups is 1. The largest absolute Gasteiger partial charge is 0.303 e. The van der Waals surface area contributed by atoms with Gasteiger partial charge in [0, 0.05) is 6.42 Å². The lowest BCUT2D eigenvalue weighted by atomic mass is 10.1. The van der Waals surface area contributed by atoms with Crippen LogP contribution in [-0.2, 0) is 4.79 Å². The Labute approximate surface area is 84.8 Å². The molecule has 0 heterocycles. The number of hydrogen-bond donors (Lipinski definition) is 0. The van der Waals surface area contributed by atoms with Gasteiger partial charge in [0.25, 0.3) is 0 Å². The topological polar surface area (TPSA) is 17.1 Å². The van der Waals surface area contributed by atoms with Crippen molar-refractivity contribution < 1.29 is 4.79 Å². The fourth-order valence-corrected chi connectivity index (χ4v) is 1.14. The Morgan fingerprint density at radius 2 is 2.00 bits per heavy atom.